The van der Waals surface area contributed by atoms with Crippen molar-refractivity contribution in [2.45, 2.75) is 52.3 Å². The van der Waals surface area contributed by atoms with E-state index in [1.807, 2.05) is 19.2 Å². The molecule has 1 heterocycles. The average Bonchev–Trinajstić information content (AvgIpc) is 3.03. The predicted octanol–water partition coefficient (Wildman–Crippen LogP) is 3.67. The minimum Gasteiger partial charge on any atom is -0.430 e. The van der Waals surface area contributed by atoms with E-state index in [1.165, 1.54) is 6.07 Å². The summed E-state index contributed by atoms with van der Waals surface area (Å²) in [6, 6.07) is 6.65. The molecule has 0 aliphatic heterocycles. The summed E-state index contributed by atoms with van der Waals surface area (Å²) in [6.07, 6.45) is 1.73. The van der Waals surface area contributed by atoms with Crippen LogP contribution in [-0.2, 0) is 17.7 Å². The van der Waals surface area contributed by atoms with Crippen LogP contribution in [0.15, 0.2) is 30.6 Å². The van der Waals surface area contributed by atoms with Crippen molar-refractivity contribution >= 4 is 6.09 Å². The highest BCUT2D eigenvalue weighted by molar-refractivity contribution is 5.68. The van der Waals surface area contributed by atoms with E-state index >= 15 is 0 Å². The van der Waals surface area contributed by atoms with Crippen LogP contribution in [0.2, 0.25) is 0 Å². The van der Waals surface area contributed by atoms with Gasteiger partial charge in [0.25, 0.3) is 0 Å². The van der Waals surface area contributed by atoms with Crippen LogP contribution in [0, 0.1) is 17.1 Å². The predicted molar refractivity (Wildman–Crippen MR) is 95.8 cm³/mol. The Morgan fingerprint density at radius 2 is 2.15 bits per heavy atom. The normalized spacial score (nSPS) is 12.3. The molecule has 1 N–H and O–H groups in total. The van der Waals surface area contributed by atoms with Gasteiger partial charge in [0.05, 0.1) is 6.20 Å². The minimum atomic E-state index is -1.07. The van der Waals surface area contributed by atoms with E-state index in [0.29, 0.717) is 11.1 Å². The van der Waals surface area contributed by atoms with E-state index in [2.05, 4.69) is 10.4 Å². The molecule has 1 atom stereocenters. The van der Waals surface area contributed by atoms with Gasteiger partial charge in [0.15, 0.2) is 6.10 Å². The molecule has 0 saturated heterocycles. The fourth-order valence-corrected chi connectivity index (χ4v) is 2.36. The smallest absolute Gasteiger partial charge is 0.408 e. The summed E-state index contributed by atoms with van der Waals surface area (Å²) in [5.74, 6) is -0.452. The van der Waals surface area contributed by atoms with Crippen LogP contribution in [0.5, 0.6) is 0 Å². The third-order valence-electron chi connectivity index (χ3n) is 3.62. The molecule has 2 rings (SSSR count). The van der Waals surface area contributed by atoms with Crippen LogP contribution >= 0.6 is 0 Å². The topological polar surface area (TPSA) is 79.9 Å². The summed E-state index contributed by atoms with van der Waals surface area (Å²) in [6.45, 7) is 8.11. The third kappa shape index (κ3) is 5.31. The maximum atomic E-state index is 14.4. The van der Waals surface area contributed by atoms with Crippen LogP contribution in [0.1, 0.15) is 33.3 Å². The number of ether oxygens (including phenoxy) is 1. The summed E-state index contributed by atoms with van der Waals surface area (Å²) < 4.78 is 21.3. The number of hydrogen-bond acceptors (Lipinski definition) is 4. The first-order valence-corrected chi connectivity index (χ1v) is 8.41. The van der Waals surface area contributed by atoms with E-state index in [4.69, 9.17) is 4.74 Å². The fraction of sp³-hybridized carbons (Fsp3) is 0.421. The highest BCUT2D eigenvalue weighted by Gasteiger charge is 2.20. The number of nitrogens with one attached hydrogen (secondary N) is 1. The lowest BCUT2D eigenvalue weighted by Crippen LogP contribution is -2.42. The van der Waals surface area contributed by atoms with Gasteiger partial charge in [0, 0.05) is 30.3 Å². The number of alkyl carbamates (subject to hydrolysis) is 1. The zero-order chi connectivity index (χ0) is 19.3. The lowest BCUT2D eigenvalue weighted by atomic mass is 10.0. The number of carbonyl (C=O) groups excluding carboxylic acids is 1. The number of carbonyl (C=O) groups is 1. The maximum Gasteiger partial charge on any atom is 0.408 e. The number of aromatic nitrogens is 2. The Kier molecular flexibility index (Phi) is 5.98. The largest absolute Gasteiger partial charge is 0.430 e. The highest BCUT2D eigenvalue weighted by atomic mass is 19.1. The van der Waals surface area contributed by atoms with Gasteiger partial charge in [0.2, 0.25) is 0 Å². The Balaban J connectivity index is 2.08. The van der Waals surface area contributed by atoms with Gasteiger partial charge in [-0.15, -0.1) is 0 Å². The van der Waals surface area contributed by atoms with Gasteiger partial charge in [-0.1, -0.05) is 12.1 Å². The van der Waals surface area contributed by atoms with E-state index < -0.39 is 23.6 Å². The Bertz CT molecular complexity index is 818. The number of amides is 1. The summed E-state index contributed by atoms with van der Waals surface area (Å²) in [5.41, 5.74) is 1.35. The van der Waals surface area contributed by atoms with Gasteiger partial charge in [0.1, 0.15) is 11.9 Å². The van der Waals surface area contributed by atoms with Crippen LogP contribution < -0.4 is 5.32 Å². The number of halogens is 1. The molecule has 0 bridgehead atoms. The van der Waals surface area contributed by atoms with Crippen LogP contribution in [0.3, 0.4) is 0 Å². The molecule has 1 aromatic heterocycles. The van der Waals surface area contributed by atoms with Gasteiger partial charge in [-0.3, -0.25) is 4.68 Å². The molecule has 0 aliphatic carbocycles. The van der Waals surface area contributed by atoms with E-state index in [0.717, 1.165) is 12.1 Å². The van der Waals surface area contributed by atoms with Crippen molar-refractivity contribution in [1.29, 1.82) is 5.26 Å². The van der Waals surface area contributed by atoms with Crippen molar-refractivity contribution in [3.8, 4) is 17.2 Å². The van der Waals surface area contributed by atoms with Crippen molar-refractivity contribution in [2.24, 2.45) is 0 Å². The number of benzene rings is 1. The molecule has 0 saturated carbocycles. The molecule has 26 heavy (non-hydrogen) atoms. The second-order valence-electron chi connectivity index (χ2n) is 6.99. The van der Waals surface area contributed by atoms with Crippen molar-refractivity contribution in [1.82, 2.24) is 15.1 Å². The number of aryl methyl sites for hydroxylation is 1. The first kappa shape index (κ1) is 19.4. The first-order valence-electron chi connectivity index (χ1n) is 8.41. The van der Waals surface area contributed by atoms with Crippen molar-refractivity contribution in [3.05, 3.63) is 42.0 Å². The standard InChI is InChI=1S/C19H23FN4O2/c1-5-24-12-15(11-22-24)13-6-7-14(17(20)9-13)8-16(10-21)26-18(25)23-19(2,3)4/h6-7,9,11-12,16H,5,8H2,1-4H3,(H,23,25)/t16-/m0/s1. The van der Waals surface area contributed by atoms with E-state index in [1.54, 1.807) is 43.8 Å². The molecule has 0 fully saturated rings. The zero-order valence-electron chi connectivity index (χ0n) is 15.4. The molecule has 1 aromatic carbocycles. The molecule has 2 aromatic rings. The van der Waals surface area contributed by atoms with Gasteiger partial charge in [-0.25, -0.2) is 9.18 Å². The second-order valence-corrected chi connectivity index (χ2v) is 6.99. The average molecular weight is 358 g/mol. The Hall–Kier alpha value is -2.88. The second kappa shape index (κ2) is 8.00. The molecule has 0 radical (unpaired) electrons. The molecule has 7 heteroatoms. The molecule has 6 nitrogen and oxygen atoms in total. The van der Waals surface area contributed by atoms with Crippen LogP contribution in [0.25, 0.3) is 11.1 Å². The highest BCUT2D eigenvalue weighted by Crippen LogP contribution is 2.22. The molecular formula is C19H23FN4O2. The first-order chi connectivity index (χ1) is 12.2. The van der Waals surface area contributed by atoms with Gasteiger partial charge in [-0.2, -0.15) is 10.4 Å². The lowest BCUT2D eigenvalue weighted by molar-refractivity contribution is 0.114. The summed E-state index contributed by atoms with van der Waals surface area (Å²) in [7, 11) is 0. The number of rotatable bonds is 5. The van der Waals surface area contributed by atoms with Crippen LogP contribution in [0.4, 0.5) is 9.18 Å². The molecule has 0 spiro atoms. The number of nitrogens with zero attached hydrogens (tertiary/aromatic N) is 3. The Morgan fingerprint density at radius 1 is 1.42 bits per heavy atom. The monoisotopic (exact) mass is 358 g/mol. The quantitative estimate of drug-likeness (QED) is 0.884. The molecule has 0 unspecified atom stereocenters. The van der Waals surface area contributed by atoms with Crippen molar-refractivity contribution < 1.29 is 13.9 Å². The van der Waals surface area contributed by atoms with Gasteiger partial charge in [-0.05, 0) is 44.9 Å². The van der Waals surface area contributed by atoms with E-state index in [-0.39, 0.29) is 6.42 Å². The molecule has 1 amide bonds. The molecular weight excluding hydrogens is 335 g/mol. The summed E-state index contributed by atoms with van der Waals surface area (Å²) >= 11 is 0. The Labute approximate surface area is 152 Å². The maximum absolute atomic E-state index is 14.4. The molecule has 0 aliphatic rings. The summed E-state index contributed by atoms with van der Waals surface area (Å²) in [5, 5.41) is 16.0. The van der Waals surface area contributed by atoms with E-state index in [9.17, 15) is 14.4 Å². The molecule has 138 valence electrons. The van der Waals surface area contributed by atoms with Crippen molar-refractivity contribution in [2.75, 3.05) is 0 Å². The SMILES string of the molecule is CCn1cc(-c2ccc(C[C@@H](C#N)OC(=O)NC(C)(C)C)c(F)c2)cn1. The van der Waals surface area contributed by atoms with Crippen LogP contribution in [-0.4, -0.2) is 27.5 Å². The summed E-state index contributed by atoms with van der Waals surface area (Å²) in [4.78, 5) is 11.8. The van der Waals surface area contributed by atoms with Crippen molar-refractivity contribution in [3.63, 3.8) is 0 Å². The zero-order valence-corrected chi connectivity index (χ0v) is 15.4. The minimum absolute atomic E-state index is 0.0194. The Morgan fingerprint density at radius 3 is 2.69 bits per heavy atom. The number of nitriles is 1. The third-order valence-corrected chi connectivity index (χ3v) is 3.62. The van der Waals surface area contributed by atoms with Gasteiger partial charge >= 0.3 is 6.09 Å². The lowest BCUT2D eigenvalue weighted by Gasteiger charge is -2.21. The van der Waals surface area contributed by atoms with Gasteiger partial charge < -0.3 is 10.1 Å². The number of hydrogen-bond donors (Lipinski definition) is 1. The fourth-order valence-electron chi connectivity index (χ4n) is 2.36.